The van der Waals surface area contributed by atoms with E-state index in [0.29, 0.717) is 17.9 Å². The molecule has 1 fully saturated rings. The summed E-state index contributed by atoms with van der Waals surface area (Å²) < 4.78 is 26.3. The molecule has 1 aromatic heterocycles. The summed E-state index contributed by atoms with van der Waals surface area (Å²) in [5.74, 6) is -0.119. The molecule has 0 aromatic carbocycles. The molecule has 1 aliphatic heterocycles. The molecule has 14 heavy (non-hydrogen) atoms. The largest absolute Gasteiger partial charge is 0.481 e. The Labute approximate surface area is 83.7 Å². The summed E-state index contributed by atoms with van der Waals surface area (Å²) in [6, 6.07) is 0.359. The van der Waals surface area contributed by atoms with Gasteiger partial charge >= 0.3 is 0 Å². The first kappa shape index (κ1) is 8.17. The van der Waals surface area contributed by atoms with Crippen LogP contribution in [0.4, 0.5) is 4.39 Å². The minimum Gasteiger partial charge on any atom is -0.481 e. The van der Waals surface area contributed by atoms with Gasteiger partial charge in [-0.1, -0.05) is 0 Å². The summed E-state index contributed by atoms with van der Waals surface area (Å²) in [6.45, 7) is 0.767. The van der Waals surface area contributed by atoms with Crippen LogP contribution in [0.25, 0.3) is 0 Å². The number of nitrogens with zero attached hydrogens (tertiary/aromatic N) is 1. The van der Waals surface area contributed by atoms with Crippen LogP contribution in [0.15, 0.2) is 12.3 Å². The van der Waals surface area contributed by atoms with E-state index in [1.165, 1.54) is 13.2 Å². The van der Waals surface area contributed by atoms with Crippen molar-refractivity contribution >= 4 is 0 Å². The molecule has 1 atom stereocenters. The van der Waals surface area contributed by atoms with E-state index in [2.05, 4.69) is 10.3 Å². The third kappa shape index (κ3) is 1.70. The van der Waals surface area contributed by atoms with Crippen LogP contribution in [-0.4, -0.2) is 18.6 Å². The van der Waals surface area contributed by atoms with Gasteiger partial charge in [0.2, 0.25) is 5.88 Å². The zero-order chi connectivity index (χ0) is 10.9. The van der Waals surface area contributed by atoms with Gasteiger partial charge in [0.15, 0.2) is 0 Å². The van der Waals surface area contributed by atoms with Crippen LogP contribution >= 0.6 is 0 Å². The molecule has 2 rings (SSSR count). The van der Waals surface area contributed by atoms with Crippen molar-refractivity contribution in [3.63, 3.8) is 0 Å². The maximum absolute atomic E-state index is 13.1. The lowest BCUT2D eigenvalue weighted by Crippen LogP contribution is -2.14. The van der Waals surface area contributed by atoms with Crippen LogP contribution in [-0.2, 0) is 0 Å². The van der Waals surface area contributed by atoms with Gasteiger partial charge in [-0.25, -0.2) is 9.37 Å². The van der Waals surface area contributed by atoms with Crippen LogP contribution in [0, 0.1) is 5.82 Å². The molecule has 0 saturated carbocycles. The van der Waals surface area contributed by atoms with Gasteiger partial charge in [0.1, 0.15) is 5.82 Å². The molecule has 1 N–H and O–H groups in total. The van der Waals surface area contributed by atoms with Crippen molar-refractivity contribution < 1.29 is 10.5 Å². The van der Waals surface area contributed by atoms with Gasteiger partial charge in [-0.05, 0) is 25.5 Å². The Morgan fingerprint density at radius 3 is 3.29 bits per heavy atom. The highest BCUT2D eigenvalue weighted by Crippen LogP contribution is 2.29. The van der Waals surface area contributed by atoms with Crippen LogP contribution < -0.4 is 10.1 Å². The summed E-state index contributed by atoms with van der Waals surface area (Å²) in [5, 5.41) is 3.03. The number of rotatable bonds is 2. The molecule has 1 saturated heterocycles. The highest BCUT2D eigenvalue weighted by atomic mass is 19.1. The lowest BCUT2D eigenvalue weighted by Gasteiger charge is -2.13. The molecule has 2 heterocycles. The monoisotopic (exact) mass is 197 g/mol. The number of ether oxygens (including phenoxy) is 1. The second-order valence-electron chi connectivity index (χ2n) is 3.22. The maximum atomic E-state index is 13.1. The fraction of sp³-hybridized carbons (Fsp3) is 0.500. The molecule has 3 nitrogen and oxygen atoms in total. The predicted molar refractivity (Wildman–Crippen MR) is 50.7 cm³/mol. The summed E-state index contributed by atoms with van der Waals surface area (Å²) in [6.07, 6.45) is 2.65. The average Bonchev–Trinajstić information content (AvgIpc) is 2.66. The molecule has 0 bridgehead atoms. The molecule has 0 aliphatic carbocycles. The minimum atomic E-state index is -0.958. The van der Waals surface area contributed by atoms with E-state index in [9.17, 15) is 4.39 Å². The lowest BCUT2D eigenvalue weighted by atomic mass is 10.1. The Bertz CT molecular complexity index is 366. The summed E-state index contributed by atoms with van der Waals surface area (Å²) >= 11 is 0. The number of halogens is 1. The first-order valence-corrected chi connectivity index (χ1v) is 4.61. The first-order chi connectivity index (χ1) is 7.15. The highest BCUT2D eigenvalue weighted by Gasteiger charge is 2.21. The minimum absolute atomic E-state index is 0.320. The van der Waals surface area contributed by atoms with Crippen LogP contribution in [0.3, 0.4) is 0 Å². The van der Waals surface area contributed by atoms with Gasteiger partial charge in [-0.15, -0.1) is 0 Å². The fourth-order valence-corrected chi connectivity index (χ4v) is 1.63. The van der Waals surface area contributed by atoms with Gasteiger partial charge in [-0.3, -0.25) is 0 Å². The van der Waals surface area contributed by atoms with E-state index >= 15 is 0 Å². The molecular weight excluding hydrogens is 183 g/mol. The number of hydrogen-bond donors (Lipinski definition) is 1. The molecule has 1 aromatic rings. The topological polar surface area (TPSA) is 34.1 Å². The van der Waals surface area contributed by atoms with Crippen molar-refractivity contribution in [2.45, 2.75) is 18.9 Å². The molecule has 0 amide bonds. The third-order valence-corrected chi connectivity index (χ3v) is 2.28. The lowest BCUT2D eigenvalue weighted by molar-refractivity contribution is 0.383. The third-order valence-electron chi connectivity index (χ3n) is 2.28. The van der Waals surface area contributed by atoms with Gasteiger partial charge < -0.3 is 10.1 Å². The zero-order valence-corrected chi connectivity index (χ0v) is 8.01. The second kappa shape index (κ2) is 3.92. The van der Waals surface area contributed by atoms with Crippen molar-refractivity contribution in [1.82, 2.24) is 10.3 Å². The number of aromatic nitrogens is 1. The summed E-state index contributed by atoms with van der Waals surface area (Å²) in [7, 11) is 1.47. The van der Waals surface area contributed by atoms with Crippen molar-refractivity contribution in [3.8, 4) is 5.88 Å². The van der Waals surface area contributed by atoms with E-state index in [0.717, 1.165) is 19.2 Å². The van der Waals surface area contributed by atoms with Crippen molar-refractivity contribution in [3.05, 3.63) is 23.6 Å². The smallest absolute Gasteiger partial charge is 0.218 e. The quantitative estimate of drug-likeness (QED) is 0.782. The predicted octanol–water partition coefficient (Wildman–Crippen LogP) is 1.65. The maximum Gasteiger partial charge on any atom is 0.218 e. The molecule has 76 valence electrons. The average molecular weight is 197 g/mol. The van der Waals surface area contributed by atoms with Gasteiger partial charge in [0, 0.05) is 11.6 Å². The van der Waals surface area contributed by atoms with E-state index in [4.69, 9.17) is 6.11 Å². The number of pyridine rings is 1. The second-order valence-corrected chi connectivity index (χ2v) is 3.22. The van der Waals surface area contributed by atoms with Crippen molar-refractivity contribution in [2.24, 2.45) is 0 Å². The Hall–Kier alpha value is -1.16. The van der Waals surface area contributed by atoms with Gasteiger partial charge in [-0.2, -0.15) is 0 Å². The van der Waals surface area contributed by atoms with E-state index in [1.807, 2.05) is 0 Å². The Balaban J connectivity index is 2.44. The van der Waals surface area contributed by atoms with Crippen LogP contribution in [0.5, 0.6) is 5.88 Å². The summed E-state index contributed by atoms with van der Waals surface area (Å²) in [4.78, 5) is 3.83. The van der Waals surface area contributed by atoms with E-state index in [-0.39, 0.29) is 0 Å². The standard InChI is InChI=1S/C10H13FN2O/c1-14-10-8(5-7(11)6-13-10)9-3-2-4-12-9/h5-6,9,12H,2-4H2,1H3/i9D. The van der Waals surface area contributed by atoms with Gasteiger partial charge in [0.25, 0.3) is 0 Å². The number of methoxy groups -OCH3 is 1. The number of hydrogen-bond acceptors (Lipinski definition) is 3. The van der Waals surface area contributed by atoms with Crippen molar-refractivity contribution in [2.75, 3.05) is 13.7 Å². The number of nitrogens with one attached hydrogen (secondary N) is 1. The Morgan fingerprint density at radius 2 is 2.64 bits per heavy atom. The fourth-order valence-electron chi connectivity index (χ4n) is 1.63. The van der Waals surface area contributed by atoms with Gasteiger partial charge in [0.05, 0.1) is 14.7 Å². The summed E-state index contributed by atoms with van der Waals surface area (Å²) in [5.41, 5.74) is 0.475. The molecule has 1 aliphatic rings. The molecule has 0 radical (unpaired) electrons. The first-order valence-electron chi connectivity index (χ1n) is 5.11. The van der Waals surface area contributed by atoms with E-state index in [1.54, 1.807) is 0 Å². The van der Waals surface area contributed by atoms with Crippen molar-refractivity contribution in [1.29, 1.82) is 0 Å². The Kier molecular flexibility index (Phi) is 2.29. The molecule has 0 spiro atoms. The Morgan fingerprint density at radius 1 is 1.79 bits per heavy atom. The normalized spacial score (nSPS) is 27.4. The molecular formula is C10H13FN2O. The van der Waals surface area contributed by atoms with Crippen LogP contribution in [0.2, 0.25) is 0 Å². The molecule has 4 heteroatoms. The highest BCUT2D eigenvalue weighted by molar-refractivity contribution is 5.30. The molecule has 1 unspecified atom stereocenters. The van der Waals surface area contributed by atoms with E-state index < -0.39 is 11.8 Å². The SMILES string of the molecule is [2H]C1(c2cc(F)cnc2OC)CCCN1. The van der Waals surface area contributed by atoms with Crippen LogP contribution in [0.1, 0.15) is 25.8 Å². The zero-order valence-electron chi connectivity index (χ0n) is 9.01.